The van der Waals surface area contributed by atoms with Crippen LogP contribution >= 0.6 is 0 Å². The fourth-order valence-corrected chi connectivity index (χ4v) is 2.43. The van der Waals surface area contributed by atoms with Crippen molar-refractivity contribution in [2.24, 2.45) is 10.8 Å². The highest BCUT2D eigenvalue weighted by Crippen LogP contribution is 2.33. The summed E-state index contributed by atoms with van der Waals surface area (Å²) >= 11 is 0. The molecule has 1 heterocycles. The Hall–Kier alpha value is -3.93. The molecule has 0 spiro atoms. The monoisotopic (exact) mass is 348 g/mol. The van der Waals surface area contributed by atoms with Gasteiger partial charge in [0.15, 0.2) is 11.6 Å². The zero-order valence-electron chi connectivity index (χ0n) is 14.2. The number of hydrogen-bond donors (Lipinski definition) is 3. The lowest BCUT2D eigenvalue weighted by Crippen LogP contribution is -2.22. The molecule has 9 heteroatoms. The maximum absolute atomic E-state index is 8.97. The number of anilines is 1. The topological polar surface area (TPSA) is 138 Å². The highest BCUT2D eigenvalue weighted by Gasteiger charge is 2.15. The van der Waals surface area contributed by atoms with Gasteiger partial charge in [0, 0.05) is 0 Å². The quantitative estimate of drug-likeness (QED) is 0.366. The van der Waals surface area contributed by atoms with E-state index in [2.05, 4.69) is 20.7 Å². The third-order valence-corrected chi connectivity index (χ3v) is 3.57. The molecule has 130 valence electrons. The lowest BCUT2D eigenvalue weighted by Gasteiger charge is -2.13. The number of hydrazone groups is 1. The third-order valence-electron chi connectivity index (χ3n) is 3.57. The van der Waals surface area contributed by atoms with Crippen LogP contribution < -0.4 is 15.9 Å². The average molecular weight is 348 g/mol. The number of hydrogen-bond acceptors (Lipinski definition) is 7. The summed E-state index contributed by atoms with van der Waals surface area (Å²) in [5.41, 5.74) is 11.3. The normalized spacial score (nSPS) is 11.2. The standard InChI is InChI=1S/C17H16N8O/c1-10-7-13(21-22-14(9-18)17(19)20)16(26-2)15(8-10)25-23-11-5-3-4-6-12(11)24-25/h3-8,21H,1-2H3,(H3,19,20)/b22-14+. The highest BCUT2D eigenvalue weighted by molar-refractivity contribution is 6.45. The number of nitrogens with zero attached hydrogens (tertiary/aromatic N) is 5. The van der Waals surface area contributed by atoms with Crippen molar-refractivity contribution >= 4 is 28.3 Å². The second kappa shape index (κ2) is 6.90. The van der Waals surface area contributed by atoms with Gasteiger partial charge in [-0.15, -0.1) is 15.0 Å². The summed E-state index contributed by atoms with van der Waals surface area (Å²) in [5, 5.41) is 29.1. The molecule has 26 heavy (non-hydrogen) atoms. The van der Waals surface area contributed by atoms with Crippen molar-refractivity contribution in [3.05, 3.63) is 42.0 Å². The summed E-state index contributed by atoms with van der Waals surface area (Å²) in [6.45, 7) is 1.90. The number of benzene rings is 2. The number of aryl methyl sites for hydroxylation is 1. The first-order valence-electron chi connectivity index (χ1n) is 7.62. The van der Waals surface area contributed by atoms with Gasteiger partial charge >= 0.3 is 0 Å². The van der Waals surface area contributed by atoms with Gasteiger partial charge in [0.1, 0.15) is 28.5 Å². The molecule has 2 aromatic carbocycles. The zero-order chi connectivity index (χ0) is 18.7. The Morgan fingerprint density at radius 1 is 1.31 bits per heavy atom. The van der Waals surface area contributed by atoms with Crippen LogP contribution in [0.5, 0.6) is 5.75 Å². The molecule has 0 fully saturated rings. The van der Waals surface area contributed by atoms with Crippen LogP contribution in [0.1, 0.15) is 5.56 Å². The van der Waals surface area contributed by atoms with Gasteiger partial charge in [-0.3, -0.25) is 10.8 Å². The van der Waals surface area contributed by atoms with E-state index in [1.54, 1.807) is 12.1 Å². The van der Waals surface area contributed by atoms with E-state index in [9.17, 15) is 0 Å². The SMILES string of the molecule is COc1c(N/N=C(\C#N)C(=N)N)cc(C)cc1-n1nc2ccccc2n1. The Kier molecular flexibility index (Phi) is 4.49. The second-order valence-corrected chi connectivity index (χ2v) is 5.44. The van der Waals surface area contributed by atoms with Gasteiger partial charge in [-0.2, -0.15) is 10.4 Å². The number of nitriles is 1. The first-order chi connectivity index (χ1) is 12.5. The molecule has 3 rings (SSSR count). The smallest absolute Gasteiger partial charge is 0.201 e. The van der Waals surface area contributed by atoms with Gasteiger partial charge in [-0.25, -0.2) is 0 Å². The van der Waals surface area contributed by atoms with Crippen LogP contribution in [0, 0.1) is 23.7 Å². The molecular formula is C17H16N8O. The first kappa shape index (κ1) is 16.9. The molecule has 1 aromatic heterocycles. The first-order valence-corrected chi connectivity index (χ1v) is 7.62. The van der Waals surface area contributed by atoms with Gasteiger partial charge in [0.25, 0.3) is 0 Å². The van der Waals surface area contributed by atoms with Gasteiger partial charge in [-0.1, -0.05) is 12.1 Å². The van der Waals surface area contributed by atoms with Crippen LogP contribution in [-0.2, 0) is 0 Å². The van der Waals surface area contributed by atoms with Crippen molar-refractivity contribution in [1.29, 1.82) is 10.7 Å². The molecule has 4 N–H and O–H groups in total. The van der Waals surface area contributed by atoms with E-state index in [0.717, 1.165) is 16.6 Å². The van der Waals surface area contributed by atoms with Crippen LogP contribution in [0.4, 0.5) is 5.69 Å². The fraction of sp³-hybridized carbons (Fsp3) is 0.118. The van der Waals surface area contributed by atoms with E-state index >= 15 is 0 Å². The number of nitrogens with two attached hydrogens (primary N) is 1. The van der Waals surface area contributed by atoms with Gasteiger partial charge in [0.2, 0.25) is 5.71 Å². The number of aromatic nitrogens is 3. The van der Waals surface area contributed by atoms with Crippen molar-refractivity contribution in [2.75, 3.05) is 12.5 Å². The molecule has 0 unspecified atom stereocenters. The molecule has 0 saturated carbocycles. The lowest BCUT2D eigenvalue weighted by atomic mass is 10.2. The predicted octanol–water partition coefficient (Wildman–Crippen LogP) is 1.96. The van der Waals surface area contributed by atoms with E-state index in [0.29, 0.717) is 17.1 Å². The van der Waals surface area contributed by atoms with Crippen LogP contribution in [-0.4, -0.2) is 33.7 Å². The summed E-state index contributed by atoms with van der Waals surface area (Å²) < 4.78 is 5.51. The number of ether oxygens (including phenoxy) is 1. The maximum atomic E-state index is 8.97. The van der Waals surface area contributed by atoms with Crippen molar-refractivity contribution in [2.45, 2.75) is 6.92 Å². The molecule has 0 bridgehead atoms. The van der Waals surface area contributed by atoms with E-state index in [-0.39, 0.29) is 5.71 Å². The van der Waals surface area contributed by atoms with Gasteiger partial charge in [-0.05, 0) is 36.8 Å². The molecule has 0 atom stereocenters. The molecule has 0 aliphatic carbocycles. The van der Waals surface area contributed by atoms with E-state index in [4.69, 9.17) is 21.1 Å². The molecule has 0 amide bonds. The third kappa shape index (κ3) is 3.16. The lowest BCUT2D eigenvalue weighted by molar-refractivity contribution is 0.412. The largest absolute Gasteiger partial charge is 0.492 e. The molecule has 0 aliphatic rings. The zero-order valence-corrected chi connectivity index (χ0v) is 14.2. The Morgan fingerprint density at radius 2 is 1.96 bits per heavy atom. The molecule has 0 saturated heterocycles. The van der Waals surface area contributed by atoms with Crippen molar-refractivity contribution in [3.63, 3.8) is 0 Å². The molecular weight excluding hydrogens is 332 g/mol. The van der Waals surface area contributed by atoms with Crippen molar-refractivity contribution < 1.29 is 4.74 Å². The number of nitrogens with one attached hydrogen (secondary N) is 2. The number of fused-ring (bicyclic) bond motifs is 1. The van der Waals surface area contributed by atoms with Gasteiger partial charge < -0.3 is 10.5 Å². The minimum atomic E-state index is -0.424. The summed E-state index contributed by atoms with van der Waals surface area (Å²) in [5.74, 6) is 0.0207. The van der Waals surface area contributed by atoms with Crippen LogP contribution in [0.2, 0.25) is 0 Å². The Balaban J connectivity index is 2.10. The second-order valence-electron chi connectivity index (χ2n) is 5.44. The van der Waals surface area contributed by atoms with E-state index in [1.165, 1.54) is 11.9 Å². The summed E-state index contributed by atoms with van der Waals surface area (Å²) in [6.07, 6.45) is 0. The summed E-state index contributed by atoms with van der Waals surface area (Å²) in [7, 11) is 1.52. The van der Waals surface area contributed by atoms with Crippen molar-refractivity contribution in [1.82, 2.24) is 15.0 Å². The van der Waals surface area contributed by atoms with Crippen LogP contribution in [0.25, 0.3) is 16.7 Å². The molecule has 0 radical (unpaired) electrons. The van der Waals surface area contributed by atoms with Crippen LogP contribution in [0.3, 0.4) is 0 Å². The van der Waals surface area contributed by atoms with E-state index < -0.39 is 5.84 Å². The molecule has 9 nitrogen and oxygen atoms in total. The minimum Gasteiger partial charge on any atom is -0.492 e. The average Bonchev–Trinajstić information content (AvgIpc) is 3.05. The Bertz CT molecular complexity index is 1030. The number of rotatable bonds is 5. The van der Waals surface area contributed by atoms with Crippen LogP contribution in [0.15, 0.2) is 41.5 Å². The summed E-state index contributed by atoms with van der Waals surface area (Å²) in [6, 6.07) is 13.0. The number of methoxy groups -OCH3 is 1. The predicted molar refractivity (Wildman–Crippen MR) is 98.7 cm³/mol. The highest BCUT2D eigenvalue weighted by atomic mass is 16.5. The number of amidine groups is 1. The minimum absolute atomic E-state index is 0.224. The van der Waals surface area contributed by atoms with E-state index in [1.807, 2.05) is 37.3 Å². The summed E-state index contributed by atoms with van der Waals surface area (Å²) in [4.78, 5) is 1.49. The van der Waals surface area contributed by atoms with Crippen molar-refractivity contribution in [3.8, 4) is 17.5 Å². The van der Waals surface area contributed by atoms with Gasteiger partial charge in [0.05, 0.1) is 7.11 Å². The fourth-order valence-electron chi connectivity index (χ4n) is 2.43. The maximum Gasteiger partial charge on any atom is 0.201 e. The molecule has 0 aliphatic heterocycles. The Labute approximate surface area is 149 Å². The molecule has 3 aromatic rings. The Morgan fingerprint density at radius 3 is 2.50 bits per heavy atom.